The van der Waals surface area contributed by atoms with Gasteiger partial charge >= 0.3 is 5.69 Å². The van der Waals surface area contributed by atoms with Gasteiger partial charge < -0.3 is 25.0 Å². The van der Waals surface area contributed by atoms with Gasteiger partial charge in [-0.3, -0.25) is 19.1 Å². The Bertz CT molecular complexity index is 668. The van der Waals surface area contributed by atoms with Gasteiger partial charge in [-0.05, 0) is 12.1 Å². The number of aromatic nitrogens is 3. The molecule has 3 rings (SSSR count). The highest BCUT2D eigenvalue weighted by Crippen LogP contribution is 2.27. The monoisotopic (exact) mass is 331 g/mol. The van der Waals surface area contributed by atoms with Crippen molar-refractivity contribution < 1.29 is 24.8 Å². The van der Waals surface area contributed by atoms with Crippen molar-refractivity contribution in [3.05, 3.63) is 57.6 Å². The van der Waals surface area contributed by atoms with Crippen LogP contribution in [-0.4, -0.2) is 54.8 Å². The van der Waals surface area contributed by atoms with E-state index in [1.807, 2.05) is 29.5 Å². The van der Waals surface area contributed by atoms with Crippen molar-refractivity contribution in [2.75, 3.05) is 6.61 Å². The van der Waals surface area contributed by atoms with Gasteiger partial charge in [-0.25, -0.2) is 4.79 Å². The lowest BCUT2D eigenvalue weighted by atomic mass is 10.1. The molecule has 2 aromatic rings. The van der Waals surface area contributed by atoms with Crippen molar-refractivity contribution in [1.29, 1.82) is 0 Å². The minimum absolute atomic E-state index is 0. The van der Waals surface area contributed by atoms with E-state index in [0.29, 0.717) is 0 Å². The number of nitrogens with zero attached hydrogens (tertiary/aromatic N) is 1. The third-order valence-corrected chi connectivity index (χ3v) is 3.14. The zero-order valence-electron chi connectivity index (χ0n) is 11.9. The standard InChI is InChI=1S/C9H12N2O6.C4H5N.FH/c12-3-4-6(14)7(15)8(17-4)11-2-1-5(13)10-9(11)16;1-2-4-5-3-1;/h1-2,4,6-8,12,14-15H,3H2,(H,10,13,16);1-5H;1H/t4-,6-,7-,8-;;/m1../s1. The number of aromatic amines is 2. The number of aliphatic hydroxyl groups excluding tert-OH is 3. The average Bonchev–Trinajstić information content (AvgIpc) is 3.14. The molecular formula is C13H18FN3O6. The van der Waals surface area contributed by atoms with Gasteiger partial charge in [0.05, 0.1) is 6.61 Å². The Balaban J connectivity index is 0.000000377. The maximum Gasteiger partial charge on any atom is 0.330 e. The molecule has 1 saturated heterocycles. The van der Waals surface area contributed by atoms with Crippen LogP contribution in [0, 0.1) is 0 Å². The zero-order chi connectivity index (χ0) is 16.1. The summed E-state index contributed by atoms with van der Waals surface area (Å²) in [4.78, 5) is 27.2. The van der Waals surface area contributed by atoms with Gasteiger partial charge in [-0.2, -0.15) is 0 Å². The van der Waals surface area contributed by atoms with E-state index in [1.54, 1.807) is 0 Å². The minimum atomic E-state index is -1.35. The molecule has 9 nitrogen and oxygen atoms in total. The maximum absolute atomic E-state index is 11.4. The zero-order valence-corrected chi connectivity index (χ0v) is 11.9. The number of hydrogen-bond acceptors (Lipinski definition) is 6. The molecule has 2 aromatic heterocycles. The first kappa shape index (κ1) is 18.8. The summed E-state index contributed by atoms with van der Waals surface area (Å²) in [6.07, 6.45) is 0.168. The topological polar surface area (TPSA) is 141 Å². The Morgan fingerprint density at radius 2 is 1.83 bits per heavy atom. The summed E-state index contributed by atoms with van der Waals surface area (Å²) >= 11 is 0. The van der Waals surface area contributed by atoms with Crippen molar-refractivity contribution in [3.63, 3.8) is 0 Å². The number of rotatable bonds is 2. The first-order chi connectivity index (χ1) is 10.5. The molecule has 0 aromatic carbocycles. The van der Waals surface area contributed by atoms with Crippen LogP contribution in [0.25, 0.3) is 0 Å². The first-order valence-electron chi connectivity index (χ1n) is 6.56. The third kappa shape index (κ3) is 4.36. The molecule has 1 aliphatic rings. The van der Waals surface area contributed by atoms with E-state index in [9.17, 15) is 19.8 Å². The van der Waals surface area contributed by atoms with Crippen molar-refractivity contribution >= 4 is 0 Å². The van der Waals surface area contributed by atoms with E-state index >= 15 is 0 Å². The van der Waals surface area contributed by atoms with Gasteiger partial charge in [0.2, 0.25) is 0 Å². The molecule has 1 fully saturated rings. The number of aliphatic hydroxyl groups is 3. The van der Waals surface area contributed by atoms with E-state index in [4.69, 9.17) is 9.84 Å². The number of ether oxygens (including phenoxy) is 1. The van der Waals surface area contributed by atoms with Crippen LogP contribution in [0.2, 0.25) is 0 Å². The van der Waals surface area contributed by atoms with Gasteiger partial charge in [0.25, 0.3) is 5.56 Å². The fourth-order valence-electron chi connectivity index (χ4n) is 2.02. The van der Waals surface area contributed by atoms with Gasteiger partial charge in [0, 0.05) is 24.7 Å². The molecule has 0 saturated carbocycles. The van der Waals surface area contributed by atoms with E-state index in [0.717, 1.165) is 16.8 Å². The van der Waals surface area contributed by atoms with E-state index in [1.165, 1.54) is 0 Å². The molecule has 3 heterocycles. The first-order valence-corrected chi connectivity index (χ1v) is 6.56. The highest BCUT2D eigenvalue weighted by atomic mass is 19.0. The van der Waals surface area contributed by atoms with Crippen LogP contribution in [0.4, 0.5) is 4.70 Å². The summed E-state index contributed by atoms with van der Waals surface area (Å²) < 4.78 is 6.08. The second-order valence-corrected chi connectivity index (χ2v) is 4.63. The SMILES string of the molecule is F.O=c1ccn([C@@H]2O[C@H](CO)[C@@H](O)[C@H]2O)c(=O)[nH]1.c1cc[nH]c1. The lowest BCUT2D eigenvalue weighted by Gasteiger charge is -2.16. The van der Waals surface area contributed by atoms with E-state index in [2.05, 4.69) is 4.98 Å². The third-order valence-electron chi connectivity index (χ3n) is 3.14. The molecule has 10 heteroatoms. The summed E-state index contributed by atoms with van der Waals surface area (Å²) in [5.74, 6) is 0. The lowest BCUT2D eigenvalue weighted by Crippen LogP contribution is -2.37. The quantitative estimate of drug-likeness (QED) is 0.445. The smallest absolute Gasteiger partial charge is 0.330 e. The van der Waals surface area contributed by atoms with Gasteiger partial charge in [0.15, 0.2) is 6.23 Å². The van der Waals surface area contributed by atoms with Crippen LogP contribution in [0.15, 0.2) is 46.4 Å². The van der Waals surface area contributed by atoms with E-state index in [-0.39, 0.29) is 4.70 Å². The van der Waals surface area contributed by atoms with Crippen LogP contribution in [0.5, 0.6) is 0 Å². The average molecular weight is 331 g/mol. The fourth-order valence-corrected chi connectivity index (χ4v) is 2.02. The molecule has 0 radical (unpaired) electrons. The molecule has 4 atom stereocenters. The Morgan fingerprint density at radius 1 is 1.17 bits per heavy atom. The van der Waals surface area contributed by atoms with Crippen LogP contribution < -0.4 is 11.2 Å². The Labute approximate surface area is 129 Å². The maximum atomic E-state index is 11.4. The molecule has 5 N–H and O–H groups in total. The molecule has 23 heavy (non-hydrogen) atoms. The number of hydrogen-bond donors (Lipinski definition) is 5. The molecule has 1 aliphatic heterocycles. The molecule has 0 amide bonds. The minimum Gasteiger partial charge on any atom is -0.394 e. The highest BCUT2D eigenvalue weighted by Gasteiger charge is 2.43. The fraction of sp³-hybridized carbons (Fsp3) is 0.385. The second-order valence-electron chi connectivity index (χ2n) is 4.63. The summed E-state index contributed by atoms with van der Waals surface area (Å²) in [6, 6.07) is 4.98. The number of halogens is 1. The Morgan fingerprint density at radius 3 is 2.26 bits per heavy atom. The summed E-state index contributed by atoms with van der Waals surface area (Å²) in [6.45, 7) is -0.479. The normalized spacial score (nSPS) is 26.0. The van der Waals surface area contributed by atoms with Crippen LogP contribution >= 0.6 is 0 Å². The van der Waals surface area contributed by atoms with Crippen molar-refractivity contribution in [1.82, 2.24) is 14.5 Å². The molecule has 0 aliphatic carbocycles. The highest BCUT2D eigenvalue weighted by molar-refractivity contribution is 4.92. The molecular weight excluding hydrogens is 313 g/mol. The predicted molar refractivity (Wildman–Crippen MR) is 77.6 cm³/mol. The van der Waals surface area contributed by atoms with Gasteiger partial charge in [0.1, 0.15) is 18.3 Å². The number of nitrogens with one attached hydrogen (secondary N) is 2. The predicted octanol–water partition coefficient (Wildman–Crippen LogP) is -1.68. The summed E-state index contributed by atoms with van der Waals surface area (Å²) in [7, 11) is 0. The summed E-state index contributed by atoms with van der Waals surface area (Å²) in [5, 5.41) is 28.1. The Hall–Kier alpha value is -2.27. The van der Waals surface area contributed by atoms with E-state index < -0.39 is 42.4 Å². The molecule has 0 unspecified atom stereocenters. The van der Waals surface area contributed by atoms with Crippen molar-refractivity contribution in [2.45, 2.75) is 24.5 Å². The van der Waals surface area contributed by atoms with Crippen LogP contribution in [-0.2, 0) is 4.74 Å². The van der Waals surface area contributed by atoms with Crippen molar-refractivity contribution in [3.8, 4) is 0 Å². The Kier molecular flexibility index (Phi) is 6.85. The van der Waals surface area contributed by atoms with Gasteiger partial charge in [-0.1, -0.05) is 0 Å². The second kappa shape index (κ2) is 8.39. The van der Waals surface area contributed by atoms with Crippen LogP contribution in [0.1, 0.15) is 6.23 Å². The van der Waals surface area contributed by atoms with Crippen LogP contribution in [0.3, 0.4) is 0 Å². The summed E-state index contributed by atoms with van der Waals surface area (Å²) in [5.41, 5.74) is -1.33. The molecule has 0 bridgehead atoms. The molecule has 128 valence electrons. The van der Waals surface area contributed by atoms with Crippen molar-refractivity contribution in [2.24, 2.45) is 0 Å². The van der Waals surface area contributed by atoms with Gasteiger partial charge in [-0.15, -0.1) is 0 Å². The molecule has 0 spiro atoms. The largest absolute Gasteiger partial charge is 0.394 e. The lowest BCUT2D eigenvalue weighted by molar-refractivity contribution is -0.0550. The number of H-pyrrole nitrogens is 2.